The van der Waals surface area contributed by atoms with Gasteiger partial charge in [-0.2, -0.15) is 5.26 Å². The number of hydrogen-bond donors (Lipinski definition) is 0. The highest BCUT2D eigenvalue weighted by Crippen LogP contribution is 2.40. The fourth-order valence-corrected chi connectivity index (χ4v) is 2.33. The largest absolute Gasteiger partial charge is 0.235 e. The summed E-state index contributed by atoms with van der Waals surface area (Å²) in [4.78, 5) is 0. The Labute approximate surface area is 125 Å². The van der Waals surface area contributed by atoms with Gasteiger partial charge in [-0.3, -0.25) is 0 Å². The molecule has 0 amide bonds. The van der Waals surface area contributed by atoms with Crippen molar-refractivity contribution in [2.24, 2.45) is 0 Å². The minimum absolute atomic E-state index is 0.0000231. The Kier molecular flexibility index (Phi) is 3.73. The van der Waals surface area contributed by atoms with Crippen molar-refractivity contribution in [3.05, 3.63) is 40.7 Å². The number of aromatic nitrogens is 3. The van der Waals surface area contributed by atoms with E-state index in [0.717, 1.165) is 16.8 Å². The second-order valence-corrected chi connectivity index (χ2v) is 6.38. The minimum atomic E-state index is -1.77. The van der Waals surface area contributed by atoms with Crippen molar-refractivity contribution < 1.29 is 0 Å². The van der Waals surface area contributed by atoms with Gasteiger partial charge in [-0.25, -0.2) is 4.68 Å². The molecule has 0 saturated heterocycles. The van der Waals surface area contributed by atoms with E-state index in [0.29, 0.717) is 0 Å². The van der Waals surface area contributed by atoms with Crippen LogP contribution in [-0.2, 0) is 3.79 Å². The summed E-state index contributed by atoms with van der Waals surface area (Å²) in [7, 11) is 0. The Balaban J connectivity index is 2.70. The molecule has 0 saturated carbocycles. The summed E-state index contributed by atoms with van der Waals surface area (Å²) < 4.78 is -0.383. The normalized spacial score (nSPS) is 11.4. The van der Waals surface area contributed by atoms with E-state index in [-0.39, 0.29) is 11.4 Å². The predicted molar refractivity (Wildman–Crippen MR) is 74.8 cm³/mol. The van der Waals surface area contributed by atoms with Crippen molar-refractivity contribution >= 4 is 34.8 Å². The standard InChI is InChI=1S/C12H9Cl3N4/c1-7-3-4-10(8(2)5-7)19-11(12(13,14)15)9(6-16)17-18-19/h3-5H,1-2H3. The van der Waals surface area contributed by atoms with Crippen LogP contribution in [0.3, 0.4) is 0 Å². The predicted octanol–water partition coefficient (Wildman–Crippen LogP) is 3.58. The first-order valence-corrected chi connectivity index (χ1v) is 6.48. The lowest BCUT2D eigenvalue weighted by Gasteiger charge is -2.14. The molecule has 0 fully saturated rings. The number of halogens is 3. The molecule has 2 aromatic rings. The molecule has 1 aromatic heterocycles. The number of aryl methyl sites for hydroxylation is 2. The van der Waals surface area contributed by atoms with Gasteiger partial charge in [-0.15, -0.1) is 5.10 Å². The monoisotopic (exact) mass is 314 g/mol. The highest BCUT2D eigenvalue weighted by atomic mass is 35.6. The Bertz CT molecular complexity index is 665. The topological polar surface area (TPSA) is 54.5 Å². The van der Waals surface area contributed by atoms with E-state index in [1.807, 2.05) is 38.1 Å². The maximum atomic E-state index is 9.01. The lowest BCUT2D eigenvalue weighted by atomic mass is 10.1. The van der Waals surface area contributed by atoms with Crippen LogP contribution in [-0.4, -0.2) is 15.0 Å². The van der Waals surface area contributed by atoms with Gasteiger partial charge in [0.05, 0.1) is 5.69 Å². The molecule has 19 heavy (non-hydrogen) atoms. The van der Waals surface area contributed by atoms with Gasteiger partial charge in [-0.05, 0) is 25.5 Å². The molecule has 2 rings (SSSR count). The van der Waals surface area contributed by atoms with Crippen molar-refractivity contribution in [3.8, 4) is 11.8 Å². The summed E-state index contributed by atoms with van der Waals surface area (Å²) in [6, 6.07) is 7.62. The number of benzene rings is 1. The number of alkyl halides is 3. The van der Waals surface area contributed by atoms with E-state index < -0.39 is 3.79 Å². The van der Waals surface area contributed by atoms with Crippen molar-refractivity contribution in [1.82, 2.24) is 15.0 Å². The average molecular weight is 316 g/mol. The summed E-state index contributed by atoms with van der Waals surface area (Å²) in [6.07, 6.45) is 0. The van der Waals surface area contributed by atoms with E-state index in [1.165, 1.54) is 4.68 Å². The van der Waals surface area contributed by atoms with Crippen molar-refractivity contribution in [3.63, 3.8) is 0 Å². The van der Waals surface area contributed by atoms with Crippen molar-refractivity contribution in [1.29, 1.82) is 5.26 Å². The summed E-state index contributed by atoms with van der Waals surface area (Å²) in [5.74, 6) is 0. The SMILES string of the molecule is Cc1ccc(-n2nnc(C#N)c2C(Cl)(Cl)Cl)c(C)c1. The van der Waals surface area contributed by atoms with Crippen LogP contribution in [0.15, 0.2) is 18.2 Å². The number of hydrogen-bond acceptors (Lipinski definition) is 3. The Morgan fingerprint density at radius 1 is 1.26 bits per heavy atom. The van der Waals surface area contributed by atoms with Gasteiger partial charge in [0.1, 0.15) is 11.8 Å². The van der Waals surface area contributed by atoms with Gasteiger partial charge >= 0.3 is 0 Å². The third-order valence-electron chi connectivity index (χ3n) is 2.63. The van der Waals surface area contributed by atoms with E-state index in [1.54, 1.807) is 0 Å². The first-order valence-electron chi connectivity index (χ1n) is 5.35. The van der Waals surface area contributed by atoms with Crippen LogP contribution >= 0.6 is 34.8 Å². The van der Waals surface area contributed by atoms with Crippen LogP contribution < -0.4 is 0 Å². The van der Waals surface area contributed by atoms with E-state index in [2.05, 4.69) is 10.3 Å². The molecule has 0 unspecified atom stereocenters. The summed E-state index contributed by atoms with van der Waals surface area (Å²) in [6.45, 7) is 3.90. The Morgan fingerprint density at radius 2 is 1.95 bits per heavy atom. The zero-order chi connectivity index (χ0) is 14.2. The molecule has 98 valence electrons. The van der Waals surface area contributed by atoms with E-state index in [9.17, 15) is 0 Å². The molecule has 0 N–H and O–H groups in total. The number of rotatable bonds is 1. The summed E-state index contributed by atoms with van der Waals surface area (Å²) in [5, 5.41) is 16.7. The van der Waals surface area contributed by atoms with Crippen molar-refractivity contribution in [2.75, 3.05) is 0 Å². The van der Waals surface area contributed by atoms with Crippen LogP contribution in [0.1, 0.15) is 22.5 Å². The first kappa shape index (κ1) is 14.1. The van der Waals surface area contributed by atoms with E-state index >= 15 is 0 Å². The molecule has 4 nitrogen and oxygen atoms in total. The molecular weight excluding hydrogens is 307 g/mol. The second kappa shape index (κ2) is 5.01. The maximum absolute atomic E-state index is 9.01. The fraction of sp³-hybridized carbons (Fsp3) is 0.250. The van der Waals surface area contributed by atoms with Crippen LogP contribution in [0.25, 0.3) is 5.69 Å². The highest BCUT2D eigenvalue weighted by molar-refractivity contribution is 6.66. The molecule has 1 heterocycles. The molecule has 0 aliphatic heterocycles. The number of nitrogens with zero attached hydrogens (tertiary/aromatic N) is 4. The fourth-order valence-electron chi connectivity index (χ4n) is 1.82. The molecule has 0 aliphatic carbocycles. The van der Waals surface area contributed by atoms with Crippen LogP contribution in [0, 0.1) is 25.2 Å². The summed E-state index contributed by atoms with van der Waals surface area (Å²) in [5.41, 5.74) is 2.93. The quantitative estimate of drug-likeness (QED) is 0.756. The Hall–Kier alpha value is -1.28. The zero-order valence-corrected chi connectivity index (χ0v) is 12.4. The second-order valence-electron chi connectivity index (χ2n) is 4.10. The lowest BCUT2D eigenvalue weighted by molar-refractivity contribution is 0.766. The van der Waals surface area contributed by atoms with Gasteiger partial charge in [0.2, 0.25) is 3.79 Å². The summed E-state index contributed by atoms with van der Waals surface area (Å²) >= 11 is 17.7. The third kappa shape index (κ3) is 2.69. The molecule has 0 atom stereocenters. The van der Waals surface area contributed by atoms with Crippen molar-refractivity contribution in [2.45, 2.75) is 17.6 Å². The molecule has 0 radical (unpaired) electrons. The molecule has 1 aromatic carbocycles. The molecule has 0 spiro atoms. The lowest BCUT2D eigenvalue weighted by Crippen LogP contribution is -2.12. The molecular formula is C12H9Cl3N4. The number of nitriles is 1. The molecule has 0 bridgehead atoms. The van der Waals surface area contributed by atoms with Crippen LogP contribution in [0.5, 0.6) is 0 Å². The van der Waals surface area contributed by atoms with Gasteiger partial charge in [0, 0.05) is 0 Å². The molecule has 0 aliphatic rings. The third-order valence-corrected chi connectivity index (χ3v) is 3.16. The zero-order valence-electron chi connectivity index (χ0n) is 10.2. The molecule has 7 heteroatoms. The van der Waals surface area contributed by atoms with Gasteiger partial charge in [-0.1, -0.05) is 57.7 Å². The Morgan fingerprint density at radius 3 is 2.47 bits per heavy atom. The van der Waals surface area contributed by atoms with Crippen LogP contribution in [0.2, 0.25) is 0 Å². The average Bonchev–Trinajstić information content (AvgIpc) is 2.72. The minimum Gasteiger partial charge on any atom is -0.211 e. The van der Waals surface area contributed by atoms with Gasteiger partial charge in [0.15, 0.2) is 5.69 Å². The van der Waals surface area contributed by atoms with Gasteiger partial charge < -0.3 is 0 Å². The maximum Gasteiger partial charge on any atom is 0.235 e. The van der Waals surface area contributed by atoms with E-state index in [4.69, 9.17) is 40.1 Å². The van der Waals surface area contributed by atoms with Crippen LogP contribution in [0.4, 0.5) is 0 Å². The first-order chi connectivity index (χ1) is 8.84. The van der Waals surface area contributed by atoms with Gasteiger partial charge in [0.25, 0.3) is 0 Å². The highest BCUT2D eigenvalue weighted by Gasteiger charge is 2.33. The smallest absolute Gasteiger partial charge is 0.211 e.